The van der Waals surface area contributed by atoms with Crippen molar-refractivity contribution in [1.82, 2.24) is 10.9 Å². The van der Waals surface area contributed by atoms with E-state index in [2.05, 4.69) is 16.2 Å². The van der Waals surface area contributed by atoms with Crippen molar-refractivity contribution in [2.45, 2.75) is 31.9 Å². The standard InChI is InChI=1S/C19H19FN4O5/c1-11(29-15-7-3-13(20)4-8-15)18(25)22-23-19(26)12-2-9-16(21-14-5-6-14)17(10-12)24(27)28/h2-4,7-11,14,21H,5-6H2,1H3,(H,22,25)(H,23,26)/t11-/m1/s1. The summed E-state index contributed by atoms with van der Waals surface area (Å²) in [7, 11) is 0. The Balaban J connectivity index is 1.57. The van der Waals surface area contributed by atoms with Gasteiger partial charge in [0.05, 0.1) is 4.92 Å². The largest absolute Gasteiger partial charge is 0.481 e. The number of nitro groups is 1. The minimum absolute atomic E-state index is 0.0189. The van der Waals surface area contributed by atoms with Gasteiger partial charge in [0.15, 0.2) is 6.10 Å². The van der Waals surface area contributed by atoms with E-state index in [-0.39, 0.29) is 23.0 Å². The average molecular weight is 402 g/mol. The molecule has 1 saturated carbocycles. The number of hydrogen-bond acceptors (Lipinski definition) is 6. The van der Waals surface area contributed by atoms with Gasteiger partial charge < -0.3 is 10.1 Å². The minimum atomic E-state index is -0.972. The van der Waals surface area contributed by atoms with Crippen molar-refractivity contribution < 1.29 is 23.6 Å². The van der Waals surface area contributed by atoms with E-state index in [1.54, 1.807) is 0 Å². The van der Waals surface area contributed by atoms with Crippen molar-refractivity contribution in [2.75, 3.05) is 5.32 Å². The highest BCUT2D eigenvalue weighted by atomic mass is 19.1. The van der Waals surface area contributed by atoms with E-state index >= 15 is 0 Å². The van der Waals surface area contributed by atoms with Crippen LogP contribution >= 0.6 is 0 Å². The first-order chi connectivity index (χ1) is 13.8. The van der Waals surface area contributed by atoms with E-state index in [1.807, 2.05) is 0 Å². The van der Waals surface area contributed by atoms with E-state index in [4.69, 9.17) is 4.74 Å². The third-order valence-corrected chi connectivity index (χ3v) is 4.19. The van der Waals surface area contributed by atoms with Crippen molar-refractivity contribution in [3.63, 3.8) is 0 Å². The van der Waals surface area contributed by atoms with Crippen LogP contribution in [0.4, 0.5) is 15.8 Å². The number of nitro benzene ring substituents is 1. The van der Waals surface area contributed by atoms with Crippen LogP contribution in [0.5, 0.6) is 5.75 Å². The molecule has 3 N–H and O–H groups in total. The quantitative estimate of drug-likeness (QED) is 0.483. The molecule has 0 aliphatic heterocycles. The highest BCUT2D eigenvalue weighted by Crippen LogP contribution is 2.31. The van der Waals surface area contributed by atoms with E-state index < -0.39 is 28.7 Å². The van der Waals surface area contributed by atoms with Gasteiger partial charge in [-0.15, -0.1) is 0 Å². The van der Waals surface area contributed by atoms with Gasteiger partial charge in [0.1, 0.15) is 17.3 Å². The van der Waals surface area contributed by atoms with Crippen LogP contribution in [0.15, 0.2) is 42.5 Å². The predicted octanol–water partition coefficient (Wildman–Crippen LogP) is 2.54. The molecule has 0 bridgehead atoms. The molecule has 2 aromatic rings. The molecule has 0 aromatic heterocycles. The molecule has 1 aliphatic rings. The Bertz CT molecular complexity index is 931. The van der Waals surface area contributed by atoms with Gasteiger partial charge in [0, 0.05) is 17.7 Å². The van der Waals surface area contributed by atoms with Gasteiger partial charge in [-0.3, -0.25) is 30.6 Å². The number of hydrazine groups is 1. The second-order valence-electron chi connectivity index (χ2n) is 6.57. The average Bonchev–Trinajstić information content (AvgIpc) is 3.51. The van der Waals surface area contributed by atoms with Crippen LogP contribution in [0.3, 0.4) is 0 Å². The number of hydrogen-bond donors (Lipinski definition) is 3. The predicted molar refractivity (Wildman–Crippen MR) is 102 cm³/mol. The Morgan fingerprint density at radius 3 is 2.48 bits per heavy atom. The van der Waals surface area contributed by atoms with Gasteiger partial charge >= 0.3 is 0 Å². The number of nitrogens with zero attached hydrogens (tertiary/aromatic N) is 1. The van der Waals surface area contributed by atoms with Crippen LogP contribution in [0, 0.1) is 15.9 Å². The zero-order valence-electron chi connectivity index (χ0n) is 15.5. The molecule has 0 heterocycles. The van der Waals surface area contributed by atoms with Crippen LogP contribution in [0.25, 0.3) is 0 Å². The third-order valence-electron chi connectivity index (χ3n) is 4.19. The maximum Gasteiger partial charge on any atom is 0.293 e. The molecule has 2 amide bonds. The Morgan fingerprint density at radius 2 is 1.86 bits per heavy atom. The molecular weight excluding hydrogens is 383 g/mol. The normalized spacial score (nSPS) is 13.9. The van der Waals surface area contributed by atoms with E-state index in [0.717, 1.165) is 18.9 Å². The summed E-state index contributed by atoms with van der Waals surface area (Å²) in [5, 5.41) is 14.3. The Kier molecular flexibility index (Phi) is 5.91. The molecule has 10 heteroatoms. The molecule has 9 nitrogen and oxygen atoms in total. The molecule has 3 rings (SSSR count). The van der Waals surface area contributed by atoms with Gasteiger partial charge in [-0.2, -0.15) is 0 Å². The lowest BCUT2D eigenvalue weighted by atomic mass is 10.1. The zero-order chi connectivity index (χ0) is 21.0. The summed E-state index contributed by atoms with van der Waals surface area (Å²) in [5.41, 5.74) is 4.53. The topological polar surface area (TPSA) is 123 Å². The first-order valence-electron chi connectivity index (χ1n) is 8.91. The molecule has 1 fully saturated rings. The van der Waals surface area contributed by atoms with E-state index in [9.17, 15) is 24.1 Å². The lowest BCUT2D eigenvalue weighted by Crippen LogP contribution is -2.47. The van der Waals surface area contributed by atoms with Gasteiger partial charge in [0.2, 0.25) is 0 Å². The fourth-order valence-corrected chi connectivity index (χ4v) is 2.46. The highest BCUT2D eigenvalue weighted by Gasteiger charge is 2.25. The van der Waals surface area contributed by atoms with Gasteiger partial charge in [0.25, 0.3) is 17.5 Å². The fourth-order valence-electron chi connectivity index (χ4n) is 2.46. The van der Waals surface area contributed by atoms with Gasteiger partial charge in [-0.1, -0.05) is 0 Å². The number of benzene rings is 2. The number of anilines is 1. The molecule has 29 heavy (non-hydrogen) atoms. The van der Waals surface area contributed by atoms with Gasteiger partial charge in [-0.05, 0) is 56.2 Å². The summed E-state index contributed by atoms with van der Waals surface area (Å²) >= 11 is 0. The van der Waals surface area contributed by atoms with Crippen LogP contribution < -0.4 is 20.9 Å². The monoisotopic (exact) mass is 402 g/mol. The first kappa shape index (κ1) is 20.1. The molecule has 1 atom stereocenters. The summed E-state index contributed by atoms with van der Waals surface area (Å²) in [5.74, 6) is -1.51. The molecule has 0 unspecified atom stereocenters. The molecule has 0 radical (unpaired) electrons. The molecule has 1 aliphatic carbocycles. The summed E-state index contributed by atoms with van der Waals surface area (Å²) < 4.78 is 18.2. The van der Waals surface area contributed by atoms with Crippen molar-refractivity contribution in [3.8, 4) is 5.75 Å². The number of rotatable bonds is 7. The number of halogens is 1. The summed E-state index contributed by atoms with van der Waals surface area (Å²) in [6.07, 6.45) is 0.924. The zero-order valence-corrected chi connectivity index (χ0v) is 15.5. The second-order valence-corrected chi connectivity index (χ2v) is 6.57. The molecule has 0 saturated heterocycles. The first-order valence-corrected chi connectivity index (χ1v) is 8.91. The summed E-state index contributed by atoms with van der Waals surface area (Å²) in [6, 6.07) is 9.38. The minimum Gasteiger partial charge on any atom is -0.481 e. The molecular formula is C19H19FN4O5. The number of carbonyl (C=O) groups excluding carboxylic acids is 2. The molecule has 152 valence electrons. The fraction of sp³-hybridized carbons (Fsp3) is 0.263. The molecule has 2 aromatic carbocycles. The maximum atomic E-state index is 12.9. The smallest absolute Gasteiger partial charge is 0.293 e. The Labute approximate surface area is 165 Å². The van der Waals surface area contributed by atoms with Crippen molar-refractivity contribution in [2.24, 2.45) is 0 Å². The van der Waals surface area contributed by atoms with Crippen LogP contribution in [-0.2, 0) is 4.79 Å². The summed E-state index contributed by atoms with van der Waals surface area (Å²) in [6.45, 7) is 1.45. The Morgan fingerprint density at radius 1 is 1.17 bits per heavy atom. The number of amides is 2. The van der Waals surface area contributed by atoms with Crippen LogP contribution in [0.2, 0.25) is 0 Å². The Hall–Kier alpha value is -3.69. The van der Waals surface area contributed by atoms with Crippen LogP contribution in [0.1, 0.15) is 30.1 Å². The van der Waals surface area contributed by atoms with Crippen molar-refractivity contribution >= 4 is 23.2 Å². The lowest BCUT2D eigenvalue weighted by Gasteiger charge is -2.15. The third kappa shape index (κ3) is 5.41. The van der Waals surface area contributed by atoms with Crippen molar-refractivity contribution in [1.29, 1.82) is 0 Å². The van der Waals surface area contributed by atoms with Gasteiger partial charge in [-0.25, -0.2) is 4.39 Å². The van der Waals surface area contributed by atoms with E-state index in [0.29, 0.717) is 5.69 Å². The molecule has 0 spiro atoms. The number of carbonyl (C=O) groups is 2. The highest BCUT2D eigenvalue weighted by molar-refractivity contribution is 5.97. The van der Waals surface area contributed by atoms with Crippen molar-refractivity contribution in [3.05, 3.63) is 64.0 Å². The summed E-state index contributed by atoms with van der Waals surface area (Å²) in [4.78, 5) is 35.0. The lowest BCUT2D eigenvalue weighted by molar-refractivity contribution is -0.384. The maximum absolute atomic E-state index is 12.9. The van der Waals surface area contributed by atoms with Crippen LogP contribution in [-0.4, -0.2) is 28.9 Å². The second kappa shape index (κ2) is 8.55. The number of ether oxygens (including phenoxy) is 1. The number of nitrogens with one attached hydrogen (secondary N) is 3. The van der Waals surface area contributed by atoms with E-state index in [1.165, 1.54) is 43.3 Å². The SMILES string of the molecule is C[C@@H](Oc1ccc(F)cc1)C(=O)NNC(=O)c1ccc(NC2CC2)c([N+](=O)[O-])c1.